The van der Waals surface area contributed by atoms with Gasteiger partial charge in [0.2, 0.25) is 0 Å². The molecule has 0 aromatic carbocycles. The average molecular weight is 241 g/mol. The van der Waals surface area contributed by atoms with E-state index in [0.29, 0.717) is 13.0 Å². The molecule has 2 N–H and O–H groups in total. The molecule has 0 bridgehead atoms. The first-order valence-electron chi connectivity index (χ1n) is 7.11. The maximum atomic E-state index is 11.5. The summed E-state index contributed by atoms with van der Waals surface area (Å²) in [5, 5.41) is 0. The van der Waals surface area contributed by atoms with Crippen LogP contribution >= 0.6 is 0 Å². The van der Waals surface area contributed by atoms with Crippen LogP contribution in [0.1, 0.15) is 71.1 Å². The molecule has 0 atom stereocenters. The Balaban J connectivity index is 1.90. The Morgan fingerprint density at radius 3 is 2.41 bits per heavy atom. The highest BCUT2D eigenvalue weighted by Crippen LogP contribution is 2.32. The van der Waals surface area contributed by atoms with Crippen LogP contribution in [0.15, 0.2) is 0 Å². The lowest BCUT2D eigenvalue weighted by Gasteiger charge is -2.37. The molecule has 1 rings (SSSR count). The number of unbranched alkanes of at least 4 members (excludes halogenated alkanes) is 5. The number of carbonyl (C=O) groups is 1. The van der Waals surface area contributed by atoms with Gasteiger partial charge in [-0.25, -0.2) is 0 Å². The highest BCUT2D eigenvalue weighted by molar-refractivity contribution is 5.71. The van der Waals surface area contributed by atoms with Crippen molar-refractivity contribution in [1.29, 1.82) is 0 Å². The van der Waals surface area contributed by atoms with E-state index in [-0.39, 0.29) is 11.5 Å². The second-order valence-corrected chi connectivity index (χ2v) is 5.38. The van der Waals surface area contributed by atoms with Crippen molar-refractivity contribution in [3.8, 4) is 0 Å². The van der Waals surface area contributed by atoms with Crippen molar-refractivity contribution in [2.75, 3.05) is 6.61 Å². The van der Waals surface area contributed by atoms with E-state index in [2.05, 4.69) is 6.92 Å². The molecular weight excluding hydrogens is 214 g/mol. The Hall–Kier alpha value is -0.570. The van der Waals surface area contributed by atoms with E-state index in [1.165, 1.54) is 32.1 Å². The lowest BCUT2D eigenvalue weighted by atomic mass is 9.75. The van der Waals surface area contributed by atoms with Crippen LogP contribution < -0.4 is 5.73 Å². The fraction of sp³-hybridized carbons (Fsp3) is 0.929. The van der Waals surface area contributed by atoms with Crippen LogP contribution in [0.4, 0.5) is 0 Å². The van der Waals surface area contributed by atoms with Crippen LogP contribution in [0.5, 0.6) is 0 Å². The number of carbonyl (C=O) groups excluding carboxylic acids is 1. The molecule has 1 aliphatic rings. The predicted octanol–water partition coefficient (Wildman–Crippen LogP) is 3.16. The van der Waals surface area contributed by atoms with Gasteiger partial charge < -0.3 is 10.5 Å². The number of esters is 1. The molecule has 0 heterocycles. The molecule has 3 heteroatoms. The number of hydrogen-bond donors (Lipinski definition) is 1. The Labute approximate surface area is 105 Å². The lowest BCUT2D eigenvalue weighted by Crippen LogP contribution is -2.48. The molecule has 100 valence electrons. The molecule has 0 unspecified atom stereocenters. The zero-order valence-corrected chi connectivity index (χ0v) is 11.2. The Bertz CT molecular complexity index is 224. The second-order valence-electron chi connectivity index (χ2n) is 5.38. The van der Waals surface area contributed by atoms with Gasteiger partial charge in [-0.2, -0.15) is 0 Å². The van der Waals surface area contributed by atoms with Gasteiger partial charge >= 0.3 is 5.97 Å². The maximum absolute atomic E-state index is 11.5. The Kier molecular flexibility index (Phi) is 6.56. The van der Waals surface area contributed by atoms with Crippen molar-refractivity contribution in [3.05, 3.63) is 0 Å². The largest absolute Gasteiger partial charge is 0.466 e. The molecule has 0 amide bonds. The first-order valence-corrected chi connectivity index (χ1v) is 7.11. The monoisotopic (exact) mass is 241 g/mol. The quantitative estimate of drug-likeness (QED) is 0.498. The van der Waals surface area contributed by atoms with Crippen LogP contribution in [0.3, 0.4) is 0 Å². The Morgan fingerprint density at radius 1 is 1.18 bits per heavy atom. The van der Waals surface area contributed by atoms with E-state index in [1.807, 2.05) is 0 Å². The highest BCUT2D eigenvalue weighted by atomic mass is 16.5. The van der Waals surface area contributed by atoms with Crippen LogP contribution in [0, 0.1) is 0 Å². The summed E-state index contributed by atoms with van der Waals surface area (Å²) >= 11 is 0. The minimum absolute atomic E-state index is 0.110. The van der Waals surface area contributed by atoms with Crippen molar-refractivity contribution in [2.24, 2.45) is 5.73 Å². The predicted molar refractivity (Wildman–Crippen MR) is 69.7 cm³/mol. The zero-order valence-electron chi connectivity index (χ0n) is 11.2. The molecular formula is C14H27NO2. The van der Waals surface area contributed by atoms with Gasteiger partial charge in [0.15, 0.2) is 0 Å². The van der Waals surface area contributed by atoms with Gasteiger partial charge in [0, 0.05) is 5.54 Å². The van der Waals surface area contributed by atoms with E-state index in [9.17, 15) is 4.79 Å². The fourth-order valence-electron chi connectivity index (χ4n) is 2.21. The number of ether oxygens (including phenoxy) is 1. The summed E-state index contributed by atoms with van der Waals surface area (Å²) in [7, 11) is 0. The molecule has 1 saturated carbocycles. The molecule has 0 spiro atoms. The SMILES string of the molecule is CCCCCCCCOC(=O)CC1(N)CCC1. The smallest absolute Gasteiger partial charge is 0.307 e. The summed E-state index contributed by atoms with van der Waals surface area (Å²) in [6.07, 6.45) is 10.8. The van der Waals surface area contributed by atoms with Gasteiger partial charge in [-0.3, -0.25) is 4.79 Å². The van der Waals surface area contributed by atoms with Crippen LogP contribution in [0.2, 0.25) is 0 Å². The van der Waals surface area contributed by atoms with Crippen molar-refractivity contribution in [1.82, 2.24) is 0 Å². The normalized spacial score (nSPS) is 17.5. The topological polar surface area (TPSA) is 52.3 Å². The van der Waals surface area contributed by atoms with Crippen molar-refractivity contribution in [3.63, 3.8) is 0 Å². The van der Waals surface area contributed by atoms with Crippen LogP contribution in [-0.4, -0.2) is 18.1 Å². The lowest BCUT2D eigenvalue weighted by molar-refractivity contribution is -0.146. The molecule has 0 saturated heterocycles. The van der Waals surface area contributed by atoms with Crippen LogP contribution in [-0.2, 0) is 9.53 Å². The van der Waals surface area contributed by atoms with Gasteiger partial charge in [0.05, 0.1) is 13.0 Å². The minimum Gasteiger partial charge on any atom is -0.466 e. The summed E-state index contributed by atoms with van der Waals surface area (Å²) in [5.74, 6) is -0.110. The molecule has 1 fully saturated rings. The molecule has 0 aliphatic heterocycles. The molecule has 0 radical (unpaired) electrons. The number of rotatable bonds is 9. The summed E-state index contributed by atoms with van der Waals surface area (Å²) in [5.41, 5.74) is 5.75. The van der Waals surface area contributed by atoms with Gasteiger partial charge in [0.1, 0.15) is 0 Å². The van der Waals surface area contributed by atoms with Crippen molar-refractivity contribution < 1.29 is 9.53 Å². The van der Waals surface area contributed by atoms with Crippen LogP contribution in [0.25, 0.3) is 0 Å². The molecule has 0 aromatic heterocycles. The summed E-state index contributed by atoms with van der Waals surface area (Å²) in [6.45, 7) is 2.78. The second kappa shape index (κ2) is 7.70. The standard InChI is InChI=1S/C14H27NO2/c1-2-3-4-5-6-7-11-17-13(16)12-14(15)9-8-10-14/h2-12,15H2,1H3. The van der Waals surface area contributed by atoms with Gasteiger partial charge in [0.25, 0.3) is 0 Å². The van der Waals surface area contributed by atoms with Gasteiger partial charge in [-0.15, -0.1) is 0 Å². The molecule has 3 nitrogen and oxygen atoms in total. The third-order valence-electron chi connectivity index (χ3n) is 3.61. The third-order valence-corrected chi connectivity index (χ3v) is 3.61. The van der Waals surface area contributed by atoms with Gasteiger partial charge in [-0.05, 0) is 25.7 Å². The summed E-state index contributed by atoms with van der Waals surface area (Å²) in [6, 6.07) is 0. The van der Waals surface area contributed by atoms with Crippen molar-refractivity contribution in [2.45, 2.75) is 76.7 Å². The average Bonchev–Trinajstić information content (AvgIpc) is 2.26. The number of hydrogen-bond acceptors (Lipinski definition) is 3. The molecule has 17 heavy (non-hydrogen) atoms. The molecule has 1 aliphatic carbocycles. The Morgan fingerprint density at radius 2 is 1.82 bits per heavy atom. The zero-order chi connectivity index (χ0) is 12.6. The van der Waals surface area contributed by atoms with E-state index < -0.39 is 0 Å². The van der Waals surface area contributed by atoms with Gasteiger partial charge in [-0.1, -0.05) is 39.0 Å². The number of nitrogens with two attached hydrogens (primary N) is 1. The summed E-state index contributed by atoms with van der Waals surface area (Å²) in [4.78, 5) is 11.5. The summed E-state index contributed by atoms with van der Waals surface area (Å²) < 4.78 is 5.20. The minimum atomic E-state index is -0.238. The third kappa shape index (κ3) is 6.06. The van der Waals surface area contributed by atoms with E-state index in [4.69, 9.17) is 10.5 Å². The highest BCUT2D eigenvalue weighted by Gasteiger charge is 2.35. The molecule has 0 aromatic rings. The van der Waals surface area contributed by atoms with Crippen molar-refractivity contribution >= 4 is 5.97 Å². The maximum Gasteiger partial charge on any atom is 0.307 e. The van der Waals surface area contributed by atoms with E-state index in [0.717, 1.165) is 25.7 Å². The van der Waals surface area contributed by atoms with E-state index >= 15 is 0 Å². The first-order chi connectivity index (χ1) is 8.16. The fourth-order valence-corrected chi connectivity index (χ4v) is 2.21. The van der Waals surface area contributed by atoms with E-state index in [1.54, 1.807) is 0 Å². The first kappa shape index (κ1) is 14.5.